The molecule has 1 aliphatic carbocycles. The molecule has 0 bridgehead atoms. The van der Waals surface area contributed by atoms with Crippen molar-refractivity contribution in [3.05, 3.63) is 0 Å². The van der Waals surface area contributed by atoms with E-state index in [1.807, 2.05) is 6.92 Å². The van der Waals surface area contributed by atoms with Crippen LogP contribution in [0.1, 0.15) is 65.7 Å². The van der Waals surface area contributed by atoms with E-state index in [1.54, 1.807) is 0 Å². The van der Waals surface area contributed by atoms with E-state index < -0.39 is 5.54 Å². The second-order valence-electron chi connectivity index (χ2n) is 6.24. The van der Waals surface area contributed by atoms with E-state index in [0.717, 1.165) is 12.8 Å². The molecule has 0 heterocycles. The van der Waals surface area contributed by atoms with Gasteiger partial charge in [0.2, 0.25) is 0 Å². The molecule has 0 radical (unpaired) electrons. The van der Waals surface area contributed by atoms with Crippen molar-refractivity contribution in [1.29, 1.82) is 0 Å². The molecule has 1 unspecified atom stereocenters. The van der Waals surface area contributed by atoms with Crippen molar-refractivity contribution in [2.45, 2.75) is 77.3 Å². The summed E-state index contributed by atoms with van der Waals surface area (Å²) in [6, 6.07) is 0.481. The monoisotopic (exact) mass is 255 g/mol. The third kappa shape index (κ3) is 4.60. The molecule has 0 amide bonds. The van der Waals surface area contributed by atoms with Gasteiger partial charge in [-0.15, -0.1) is 0 Å². The molecule has 1 fully saturated rings. The molecule has 1 N–H and O–H groups in total. The Kier molecular flexibility index (Phi) is 6.13. The normalized spacial score (nSPS) is 20.7. The lowest BCUT2D eigenvalue weighted by molar-refractivity contribution is -0.148. The molecule has 0 saturated heterocycles. The van der Waals surface area contributed by atoms with Crippen LogP contribution in [0, 0.1) is 5.92 Å². The Labute approximate surface area is 112 Å². The Morgan fingerprint density at radius 2 is 1.94 bits per heavy atom. The van der Waals surface area contributed by atoms with E-state index >= 15 is 0 Å². The number of rotatable bonds is 6. The van der Waals surface area contributed by atoms with Crippen LogP contribution in [0.4, 0.5) is 0 Å². The molecule has 0 aromatic rings. The first kappa shape index (κ1) is 15.5. The fourth-order valence-electron chi connectivity index (χ4n) is 2.73. The highest BCUT2D eigenvalue weighted by Gasteiger charge is 2.36. The summed E-state index contributed by atoms with van der Waals surface area (Å²) < 4.78 is 4.99. The lowest BCUT2D eigenvalue weighted by Crippen LogP contribution is -2.54. The summed E-state index contributed by atoms with van der Waals surface area (Å²) in [7, 11) is 1.48. The van der Waals surface area contributed by atoms with Crippen LogP contribution in [0.5, 0.6) is 0 Å². The predicted molar refractivity (Wildman–Crippen MR) is 74.5 cm³/mol. The molecule has 0 aliphatic heterocycles. The third-order valence-electron chi connectivity index (χ3n) is 3.99. The Morgan fingerprint density at radius 3 is 2.44 bits per heavy atom. The van der Waals surface area contributed by atoms with E-state index in [0.29, 0.717) is 12.0 Å². The molecule has 1 aliphatic rings. The standard InChI is InChI=1S/C15H29NO2/c1-12(2)10-11-15(3,14(17)18-4)16-13-8-6-5-7-9-13/h12-13,16H,5-11H2,1-4H3. The van der Waals surface area contributed by atoms with Gasteiger partial charge in [0.1, 0.15) is 5.54 Å². The Bertz CT molecular complexity index is 259. The quantitative estimate of drug-likeness (QED) is 0.740. The number of hydrogen-bond donors (Lipinski definition) is 1. The molecule has 106 valence electrons. The highest BCUT2D eigenvalue weighted by Crippen LogP contribution is 2.24. The molecule has 0 aromatic heterocycles. The van der Waals surface area contributed by atoms with Gasteiger partial charge in [-0.1, -0.05) is 33.1 Å². The van der Waals surface area contributed by atoms with Crippen LogP contribution < -0.4 is 5.32 Å². The maximum Gasteiger partial charge on any atom is 0.325 e. The van der Waals surface area contributed by atoms with Gasteiger partial charge < -0.3 is 4.74 Å². The molecule has 1 rings (SSSR count). The van der Waals surface area contributed by atoms with Crippen molar-refractivity contribution in [1.82, 2.24) is 5.32 Å². The van der Waals surface area contributed by atoms with Crippen LogP contribution in [0.3, 0.4) is 0 Å². The first-order chi connectivity index (χ1) is 8.48. The summed E-state index contributed by atoms with van der Waals surface area (Å²) in [5.41, 5.74) is -0.513. The van der Waals surface area contributed by atoms with Gasteiger partial charge in [-0.05, 0) is 38.5 Å². The number of ether oxygens (including phenoxy) is 1. The maximum absolute atomic E-state index is 12.0. The zero-order valence-corrected chi connectivity index (χ0v) is 12.4. The average Bonchev–Trinajstić information content (AvgIpc) is 2.36. The van der Waals surface area contributed by atoms with Gasteiger partial charge in [0.05, 0.1) is 7.11 Å². The van der Waals surface area contributed by atoms with Gasteiger partial charge in [0, 0.05) is 6.04 Å². The lowest BCUT2D eigenvalue weighted by Gasteiger charge is -2.35. The molecule has 1 atom stereocenters. The SMILES string of the molecule is COC(=O)C(C)(CCC(C)C)NC1CCCCC1. The first-order valence-corrected chi connectivity index (χ1v) is 7.34. The van der Waals surface area contributed by atoms with Crippen LogP contribution >= 0.6 is 0 Å². The van der Waals surface area contributed by atoms with E-state index in [2.05, 4.69) is 19.2 Å². The third-order valence-corrected chi connectivity index (χ3v) is 3.99. The van der Waals surface area contributed by atoms with E-state index in [4.69, 9.17) is 4.74 Å². The van der Waals surface area contributed by atoms with Crippen LogP contribution in [0.2, 0.25) is 0 Å². The van der Waals surface area contributed by atoms with E-state index in [9.17, 15) is 4.79 Å². The number of hydrogen-bond acceptors (Lipinski definition) is 3. The van der Waals surface area contributed by atoms with Gasteiger partial charge >= 0.3 is 5.97 Å². The van der Waals surface area contributed by atoms with Crippen molar-refractivity contribution < 1.29 is 9.53 Å². The Balaban J connectivity index is 2.60. The minimum atomic E-state index is -0.513. The average molecular weight is 255 g/mol. The largest absolute Gasteiger partial charge is 0.468 e. The van der Waals surface area contributed by atoms with Crippen molar-refractivity contribution in [3.8, 4) is 0 Å². The smallest absolute Gasteiger partial charge is 0.325 e. The molecule has 3 heteroatoms. The van der Waals surface area contributed by atoms with E-state index in [1.165, 1.54) is 39.2 Å². The predicted octanol–water partition coefficient (Wildman–Crippen LogP) is 3.28. The summed E-state index contributed by atoms with van der Waals surface area (Å²) >= 11 is 0. The van der Waals surface area contributed by atoms with Crippen molar-refractivity contribution in [3.63, 3.8) is 0 Å². The molecule has 0 spiro atoms. The van der Waals surface area contributed by atoms with E-state index in [-0.39, 0.29) is 5.97 Å². The number of carbonyl (C=O) groups excluding carboxylic acids is 1. The molecule has 3 nitrogen and oxygen atoms in total. The van der Waals surface area contributed by atoms with Gasteiger partial charge in [0.15, 0.2) is 0 Å². The molecular weight excluding hydrogens is 226 g/mol. The van der Waals surface area contributed by atoms with Gasteiger partial charge in [-0.3, -0.25) is 10.1 Å². The topological polar surface area (TPSA) is 38.3 Å². The number of esters is 1. The van der Waals surface area contributed by atoms with Crippen molar-refractivity contribution in [2.24, 2.45) is 5.92 Å². The first-order valence-electron chi connectivity index (χ1n) is 7.34. The van der Waals surface area contributed by atoms with Gasteiger partial charge in [-0.2, -0.15) is 0 Å². The van der Waals surface area contributed by atoms with Crippen molar-refractivity contribution >= 4 is 5.97 Å². The number of carbonyl (C=O) groups is 1. The summed E-state index contributed by atoms with van der Waals surface area (Å²) in [5, 5.41) is 3.56. The van der Waals surface area contributed by atoms with Crippen LogP contribution in [0.15, 0.2) is 0 Å². The highest BCUT2D eigenvalue weighted by atomic mass is 16.5. The lowest BCUT2D eigenvalue weighted by atomic mass is 9.88. The summed E-state index contributed by atoms with van der Waals surface area (Å²) in [4.78, 5) is 12.0. The second-order valence-corrected chi connectivity index (χ2v) is 6.24. The van der Waals surface area contributed by atoms with Crippen LogP contribution in [-0.2, 0) is 9.53 Å². The molecule has 0 aromatic carbocycles. The number of nitrogens with one attached hydrogen (secondary N) is 1. The maximum atomic E-state index is 12.0. The minimum absolute atomic E-state index is 0.117. The van der Waals surface area contributed by atoms with Crippen LogP contribution in [0.25, 0.3) is 0 Å². The fourth-order valence-corrected chi connectivity index (χ4v) is 2.73. The van der Waals surface area contributed by atoms with Gasteiger partial charge in [0.25, 0.3) is 0 Å². The minimum Gasteiger partial charge on any atom is -0.468 e. The van der Waals surface area contributed by atoms with Gasteiger partial charge in [-0.25, -0.2) is 0 Å². The Morgan fingerprint density at radius 1 is 1.33 bits per heavy atom. The fraction of sp³-hybridized carbons (Fsp3) is 0.933. The second kappa shape index (κ2) is 7.13. The molecular formula is C15H29NO2. The zero-order chi connectivity index (χ0) is 13.6. The highest BCUT2D eigenvalue weighted by molar-refractivity contribution is 5.80. The Hall–Kier alpha value is -0.570. The molecule has 18 heavy (non-hydrogen) atoms. The summed E-state index contributed by atoms with van der Waals surface area (Å²) in [6.07, 6.45) is 8.17. The zero-order valence-electron chi connectivity index (χ0n) is 12.4. The van der Waals surface area contributed by atoms with Crippen LogP contribution in [-0.4, -0.2) is 24.7 Å². The summed E-state index contributed by atoms with van der Waals surface area (Å²) in [5.74, 6) is 0.496. The molecule has 1 saturated carbocycles. The van der Waals surface area contributed by atoms with Crippen molar-refractivity contribution in [2.75, 3.05) is 7.11 Å². The summed E-state index contributed by atoms with van der Waals surface area (Å²) in [6.45, 7) is 6.38. The number of methoxy groups -OCH3 is 1.